The Morgan fingerprint density at radius 2 is 1.90 bits per heavy atom. The molecule has 1 aliphatic rings. The van der Waals surface area contributed by atoms with Gasteiger partial charge >= 0.3 is 0 Å². The summed E-state index contributed by atoms with van der Waals surface area (Å²) in [5.41, 5.74) is 7.26. The highest BCUT2D eigenvalue weighted by Gasteiger charge is 2.27. The molecule has 1 atom stereocenters. The van der Waals surface area contributed by atoms with Crippen molar-refractivity contribution in [2.45, 2.75) is 44.2 Å². The van der Waals surface area contributed by atoms with Gasteiger partial charge in [-0.15, -0.1) is 0 Å². The largest absolute Gasteiger partial charge is 0.497 e. The molecule has 0 saturated heterocycles. The van der Waals surface area contributed by atoms with Gasteiger partial charge in [0, 0.05) is 25.2 Å². The maximum absolute atomic E-state index is 9.44. The van der Waals surface area contributed by atoms with E-state index >= 15 is 0 Å². The number of aliphatic hydroxyl groups excluding tert-OH is 1. The van der Waals surface area contributed by atoms with Gasteiger partial charge in [-0.3, -0.25) is 4.90 Å². The summed E-state index contributed by atoms with van der Waals surface area (Å²) in [5, 5.41) is 9.44. The fourth-order valence-corrected chi connectivity index (χ4v) is 3.41. The van der Waals surface area contributed by atoms with Crippen LogP contribution in [-0.2, 0) is 0 Å². The maximum atomic E-state index is 9.44. The minimum atomic E-state index is 0.172. The molecule has 1 saturated carbocycles. The lowest BCUT2D eigenvalue weighted by Crippen LogP contribution is -2.44. The van der Waals surface area contributed by atoms with Gasteiger partial charge in [-0.1, -0.05) is 31.4 Å². The molecular weight excluding hydrogens is 264 g/mol. The highest BCUT2D eigenvalue weighted by Crippen LogP contribution is 2.30. The van der Waals surface area contributed by atoms with E-state index in [2.05, 4.69) is 17.0 Å². The summed E-state index contributed by atoms with van der Waals surface area (Å²) in [5.74, 6) is 0.862. The van der Waals surface area contributed by atoms with Gasteiger partial charge < -0.3 is 15.6 Å². The zero-order valence-corrected chi connectivity index (χ0v) is 13.0. The van der Waals surface area contributed by atoms with Crippen molar-refractivity contribution in [2.24, 2.45) is 5.73 Å². The van der Waals surface area contributed by atoms with Crippen LogP contribution < -0.4 is 10.5 Å². The second-order valence-electron chi connectivity index (χ2n) is 5.78. The highest BCUT2D eigenvalue weighted by atomic mass is 16.5. The van der Waals surface area contributed by atoms with E-state index in [1.807, 2.05) is 12.1 Å². The fourth-order valence-electron chi connectivity index (χ4n) is 3.41. The molecule has 0 aliphatic heterocycles. The molecule has 1 fully saturated rings. The van der Waals surface area contributed by atoms with E-state index in [1.54, 1.807) is 7.11 Å². The Bertz CT molecular complexity index is 402. The molecule has 0 amide bonds. The van der Waals surface area contributed by atoms with Crippen molar-refractivity contribution < 1.29 is 9.84 Å². The monoisotopic (exact) mass is 292 g/mol. The molecule has 0 aromatic heterocycles. The predicted molar refractivity (Wildman–Crippen MR) is 85.5 cm³/mol. The Kier molecular flexibility index (Phi) is 6.49. The summed E-state index contributed by atoms with van der Waals surface area (Å²) in [6, 6.07) is 8.85. The Labute approximate surface area is 127 Å². The lowest BCUT2D eigenvalue weighted by Gasteiger charge is -2.39. The molecule has 1 aromatic carbocycles. The molecule has 2 rings (SSSR count). The van der Waals surface area contributed by atoms with Crippen LogP contribution >= 0.6 is 0 Å². The minimum Gasteiger partial charge on any atom is -0.497 e. The first-order chi connectivity index (χ1) is 10.3. The number of methoxy groups -OCH3 is 1. The number of hydrogen-bond acceptors (Lipinski definition) is 4. The van der Waals surface area contributed by atoms with Crippen LogP contribution in [0.5, 0.6) is 5.75 Å². The molecule has 0 bridgehead atoms. The SMILES string of the molecule is COc1ccc(C(CN)N(CCO)C2CCCCC2)cc1. The van der Waals surface area contributed by atoms with Gasteiger partial charge in [0.1, 0.15) is 5.75 Å². The lowest BCUT2D eigenvalue weighted by atomic mass is 9.92. The number of hydrogen-bond donors (Lipinski definition) is 2. The second-order valence-corrected chi connectivity index (χ2v) is 5.78. The van der Waals surface area contributed by atoms with Gasteiger partial charge in [-0.05, 0) is 30.5 Å². The molecule has 118 valence electrons. The number of aliphatic hydroxyl groups is 1. The van der Waals surface area contributed by atoms with Crippen LogP contribution in [0.25, 0.3) is 0 Å². The van der Waals surface area contributed by atoms with Crippen LogP contribution in [0.2, 0.25) is 0 Å². The smallest absolute Gasteiger partial charge is 0.118 e. The number of ether oxygens (including phenoxy) is 1. The van der Waals surface area contributed by atoms with E-state index in [0.717, 1.165) is 5.75 Å². The molecule has 1 aromatic rings. The number of benzene rings is 1. The molecule has 1 aliphatic carbocycles. The molecule has 1 unspecified atom stereocenters. The van der Waals surface area contributed by atoms with Crippen LogP contribution in [0.4, 0.5) is 0 Å². The van der Waals surface area contributed by atoms with Crippen LogP contribution in [0, 0.1) is 0 Å². The van der Waals surface area contributed by atoms with Crippen LogP contribution in [-0.4, -0.2) is 42.9 Å². The van der Waals surface area contributed by atoms with Gasteiger partial charge in [0.15, 0.2) is 0 Å². The predicted octanol–water partition coefficient (Wildman–Crippen LogP) is 2.32. The van der Waals surface area contributed by atoms with Crippen molar-refractivity contribution in [1.29, 1.82) is 0 Å². The normalized spacial score (nSPS) is 17.9. The zero-order chi connectivity index (χ0) is 15.1. The van der Waals surface area contributed by atoms with E-state index in [1.165, 1.54) is 37.7 Å². The standard InChI is InChI=1S/C17H28N2O2/c1-21-16-9-7-14(8-10-16)17(13-18)19(11-12-20)15-5-3-2-4-6-15/h7-10,15,17,20H,2-6,11-13,18H2,1H3. The summed E-state index contributed by atoms with van der Waals surface area (Å²) in [7, 11) is 1.68. The number of nitrogens with two attached hydrogens (primary N) is 1. The number of nitrogens with zero attached hydrogens (tertiary/aromatic N) is 1. The molecule has 21 heavy (non-hydrogen) atoms. The quantitative estimate of drug-likeness (QED) is 0.810. The summed E-state index contributed by atoms with van der Waals surface area (Å²) in [4.78, 5) is 2.40. The van der Waals surface area contributed by atoms with E-state index < -0.39 is 0 Å². The summed E-state index contributed by atoms with van der Waals surface area (Å²) >= 11 is 0. The summed E-state index contributed by atoms with van der Waals surface area (Å²) < 4.78 is 5.22. The molecule has 3 N–H and O–H groups in total. The summed E-state index contributed by atoms with van der Waals surface area (Å²) in [6.07, 6.45) is 6.33. The van der Waals surface area contributed by atoms with Crippen molar-refractivity contribution in [3.63, 3.8) is 0 Å². The van der Waals surface area contributed by atoms with E-state index in [4.69, 9.17) is 10.5 Å². The van der Waals surface area contributed by atoms with E-state index in [0.29, 0.717) is 19.1 Å². The second kappa shape index (κ2) is 8.37. The van der Waals surface area contributed by atoms with Gasteiger partial charge in [-0.2, -0.15) is 0 Å². The zero-order valence-electron chi connectivity index (χ0n) is 13.0. The molecular formula is C17H28N2O2. The average molecular weight is 292 g/mol. The Hall–Kier alpha value is -1.10. The first-order valence-electron chi connectivity index (χ1n) is 8.00. The Morgan fingerprint density at radius 1 is 1.24 bits per heavy atom. The van der Waals surface area contributed by atoms with E-state index in [-0.39, 0.29) is 12.6 Å². The third kappa shape index (κ3) is 4.19. The molecule has 0 radical (unpaired) electrons. The Balaban J connectivity index is 2.16. The fraction of sp³-hybridized carbons (Fsp3) is 0.647. The maximum Gasteiger partial charge on any atom is 0.118 e. The lowest BCUT2D eigenvalue weighted by molar-refractivity contribution is 0.0829. The molecule has 4 nitrogen and oxygen atoms in total. The van der Waals surface area contributed by atoms with Crippen molar-refractivity contribution in [2.75, 3.05) is 26.8 Å². The van der Waals surface area contributed by atoms with Gasteiger partial charge in [-0.25, -0.2) is 0 Å². The van der Waals surface area contributed by atoms with Gasteiger partial charge in [0.2, 0.25) is 0 Å². The van der Waals surface area contributed by atoms with Gasteiger partial charge in [0.25, 0.3) is 0 Å². The van der Waals surface area contributed by atoms with Crippen molar-refractivity contribution in [3.8, 4) is 5.75 Å². The van der Waals surface area contributed by atoms with Crippen molar-refractivity contribution in [3.05, 3.63) is 29.8 Å². The molecule has 0 spiro atoms. The van der Waals surface area contributed by atoms with Crippen LogP contribution in [0.1, 0.15) is 43.7 Å². The van der Waals surface area contributed by atoms with Crippen molar-refractivity contribution >= 4 is 0 Å². The third-order valence-electron chi connectivity index (χ3n) is 4.53. The first kappa shape index (κ1) is 16.3. The topological polar surface area (TPSA) is 58.7 Å². The van der Waals surface area contributed by atoms with Crippen molar-refractivity contribution in [1.82, 2.24) is 4.90 Å². The highest BCUT2D eigenvalue weighted by molar-refractivity contribution is 5.29. The number of rotatable bonds is 7. The molecule has 0 heterocycles. The first-order valence-corrected chi connectivity index (χ1v) is 8.00. The third-order valence-corrected chi connectivity index (χ3v) is 4.53. The Morgan fingerprint density at radius 3 is 2.43 bits per heavy atom. The minimum absolute atomic E-state index is 0.172. The summed E-state index contributed by atoms with van der Waals surface area (Å²) in [6.45, 7) is 1.45. The van der Waals surface area contributed by atoms with Crippen LogP contribution in [0.3, 0.4) is 0 Å². The van der Waals surface area contributed by atoms with Crippen LogP contribution in [0.15, 0.2) is 24.3 Å². The average Bonchev–Trinajstić information content (AvgIpc) is 2.56. The van der Waals surface area contributed by atoms with E-state index in [9.17, 15) is 5.11 Å². The van der Waals surface area contributed by atoms with Gasteiger partial charge in [0.05, 0.1) is 13.7 Å². The molecule has 4 heteroatoms.